The van der Waals surface area contributed by atoms with Gasteiger partial charge in [-0.05, 0) is 35.9 Å². The summed E-state index contributed by atoms with van der Waals surface area (Å²) in [6, 6.07) is 24.9. The van der Waals surface area contributed by atoms with Crippen molar-refractivity contribution in [1.82, 2.24) is 15.3 Å². The number of rotatable bonds is 6. The highest BCUT2D eigenvalue weighted by Gasteiger charge is 2.08. The third kappa shape index (κ3) is 4.86. The zero-order chi connectivity index (χ0) is 20.8. The minimum atomic E-state index is -0.302. The van der Waals surface area contributed by atoms with E-state index in [1.807, 2.05) is 42.5 Å². The third-order valence-corrected chi connectivity index (χ3v) is 4.50. The van der Waals surface area contributed by atoms with E-state index in [4.69, 9.17) is 0 Å². The first-order valence-electron chi connectivity index (χ1n) is 9.44. The van der Waals surface area contributed by atoms with Gasteiger partial charge in [0.15, 0.2) is 0 Å². The molecular weight excluding hydrogens is 379 g/mol. The van der Waals surface area contributed by atoms with Crippen LogP contribution in [0.25, 0.3) is 11.3 Å². The van der Waals surface area contributed by atoms with Crippen molar-refractivity contribution in [3.63, 3.8) is 0 Å². The first-order chi connectivity index (χ1) is 14.7. The van der Waals surface area contributed by atoms with Crippen molar-refractivity contribution in [2.75, 3.05) is 5.32 Å². The Bertz CT molecular complexity index is 1150. The van der Waals surface area contributed by atoms with Crippen LogP contribution in [0.15, 0.2) is 91.3 Å². The lowest BCUT2D eigenvalue weighted by molar-refractivity contribution is 0.0951. The number of halogens is 1. The number of benzene rings is 3. The Morgan fingerprint density at radius 2 is 1.67 bits per heavy atom. The van der Waals surface area contributed by atoms with Crippen LogP contribution >= 0.6 is 0 Å². The Morgan fingerprint density at radius 1 is 0.867 bits per heavy atom. The third-order valence-electron chi connectivity index (χ3n) is 4.50. The van der Waals surface area contributed by atoms with Crippen molar-refractivity contribution < 1.29 is 9.18 Å². The van der Waals surface area contributed by atoms with Gasteiger partial charge in [-0.3, -0.25) is 4.79 Å². The Kier molecular flexibility index (Phi) is 5.75. The number of aromatic nitrogens is 2. The molecule has 0 aliphatic carbocycles. The second-order valence-electron chi connectivity index (χ2n) is 6.67. The Hall–Kier alpha value is -4.06. The largest absolute Gasteiger partial charge is 0.348 e. The molecule has 148 valence electrons. The Labute approximate surface area is 173 Å². The molecule has 5 nitrogen and oxygen atoms in total. The molecule has 6 heteroatoms. The zero-order valence-corrected chi connectivity index (χ0v) is 16.0. The highest BCUT2D eigenvalue weighted by Crippen LogP contribution is 2.21. The van der Waals surface area contributed by atoms with E-state index in [-0.39, 0.29) is 11.7 Å². The molecule has 0 unspecified atom stereocenters. The van der Waals surface area contributed by atoms with Crippen LogP contribution in [-0.4, -0.2) is 15.9 Å². The van der Waals surface area contributed by atoms with Gasteiger partial charge in [0, 0.05) is 29.4 Å². The molecule has 0 spiro atoms. The molecule has 1 aromatic heterocycles. The minimum absolute atomic E-state index is 0.212. The molecule has 1 amide bonds. The molecule has 0 saturated heterocycles. The van der Waals surface area contributed by atoms with Crippen molar-refractivity contribution >= 4 is 17.4 Å². The van der Waals surface area contributed by atoms with Gasteiger partial charge in [0.1, 0.15) is 18.0 Å². The highest BCUT2D eigenvalue weighted by atomic mass is 19.1. The predicted molar refractivity (Wildman–Crippen MR) is 115 cm³/mol. The van der Waals surface area contributed by atoms with E-state index in [0.717, 1.165) is 22.5 Å². The molecule has 30 heavy (non-hydrogen) atoms. The molecule has 0 aliphatic rings. The smallest absolute Gasteiger partial charge is 0.251 e. The summed E-state index contributed by atoms with van der Waals surface area (Å²) in [5.41, 5.74) is 3.88. The van der Waals surface area contributed by atoms with Gasteiger partial charge in [-0.25, -0.2) is 14.4 Å². The Morgan fingerprint density at radius 3 is 2.47 bits per heavy atom. The minimum Gasteiger partial charge on any atom is -0.348 e. The van der Waals surface area contributed by atoms with E-state index < -0.39 is 0 Å². The molecule has 4 aromatic rings. The van der Waals surface area contributed by atoms with Gasteiger partial charge in [-0.2, -0.15) is 0 Å². The van der Waals surface area contributed by atoms with Crippen LogP contribution in [0.5, 0.6) is 0 Å². The van der Waals surface area contributed by atoms with E-state index in [2.05, 4.69) is 20.6 Å². The van der Waals surface area contributed by atoms with Gasteiger partial charge in [-0.15, -0.1) is 0 Å². The summed E-state index contributed by atoms with van der Waals surface area (Å²) >= 11 is 0. The molecule has 0 aliphatic heterocycles. The maximum absolute atomic E-state index is 13.0. The topological polar surface area (TPSA) is 66.9 Å². The fraction of sp³-hybridized carbons (Fsp3) is 0.0417. The Balaban J connectivity index is 1.44. The quantitative estimate of drug-likeness (QED) is 0.482. The summed E-state index contributed by atoms with van der Waals surface area (Å²) in [4.78, 5) is 21.1. The van der Waals surface area contributed by atoms with Crippen LogP contribution in [0.3, 0.4) is 0 Å². The molecule has 0 radical (unpaired) electrons. The summed E-state index contributed by atoms with van der Waals surface area (Å²) in [7, 11) is 0. The van der Waals surface area contributed by atoms with Crippen molar-refractivity contribution in [3.8, 4) is 11.3 Å². The van der Waals surface area contributed by atoms with Crippen LogP contribution in [0.2, 0.25) is 0 Å². The summed E-state index contributed by atoms with van der Waals surface area (Å²) in [6.45, 7) is 0.323. The molecular formula is C24H19FN4O. The number of hydrogen-bond acceptors (Lipinski definition) is 4. The van der Waals surface area contributed by atoms with Crippen LogP contribution in [0.1, 0.15) is 15.9 Å². The van der Waals surface area contributed by atoms with Gasteiger partial charge in [0.05, 0.1) is 5.69 Å². The number of nitrogens with one attached hydrogen (secondary N) is 2. The van der Waals surface area contributed by atoms with Gasteiger partial charge in [-0.1, -0.05) is 48.5 Å². The highest BCUT2D eigenvalue weighted by molar-refractivity contribution is 5.95. The lowest BCUT2D eigenvalue weighted by Crippen LogP contribution is -2.22. The van der Waals surface area contributed by atoms with Gasteiger partial charge in [0.2, 0.25) is 0 Å². The number of carbonyl (C=O) groups is 1. The van der Waals surface area contributed by atoms with Gasteiger partial charge >= 0.3 is 0 Å². The second-order valence-corrected chi connectivity index (χ2v) is 6.67. The first-order valence-corrected chi connectivity index (χ1v) is 9.44. The average molecular weight is 398 g/mol. The maximum Gasteiger partial charge on any atom is 0.251 e. The standard InChI is InChI=1S/C24H19FN4O/c25-20-11-9-17(10-12-20)15-26-24(30)19-7-4-8-21(13-19)29-23-14-22(27-16-28-23)18-5-2-1-3-6-18/h1-14,16H,15H2,(H,26,30)(H,27,28,29). The molecule has 0 fully saturated rings. The van der Waals surface area contributed by atoms with Gasteiger partial charge < -0.3 is 10.6 Å². The van der Waals surface area contributed by atoms with Crippen molar-refractivity contribution in [1.29, 1.82) is 0 Å². The normalized spacial score (nSPS) is 10.4. The van der Waals surface area contributed by atoms with Crippen LogP contribution in [-0.2, 0) is 6.54 Å². The molecule has 0 bridgehead atoms. The maximum atomic E-state index is 13.0. The molecule has 0 saturated carbocycles. The second kappa shape index (κ2) is 8.96. The van der Waals surface area contributed by atoms with Crippen LogP contribution in [0, 0.1) is 5.82 Å². The zero-order valence-electron chi connectivity index (χ0n) is 16.0. The number of nitrogens with zero attached hydrogens (tertiary/aromatic N) is 2. The van der Waals surface area contributed by atoms with Crippen LogP contribution in [0.4, 0.5) is 15.9 Å². The van der Waals surface area contributed by atoms with E-state index in [1.165, 1.54) is 18.5 Å². The van der Waals surface area contributed by atoms with Crippen molar-refractivity contribution in [3.05, 3.63) is 108 Å². The molecule has 1 heterocycles. The van der Waals surface area contributed by atoms with E-state index in [9.17, 15) is 9.18 Å². The summed E-state index contributed by atoms with van der Waals surface area (Å²) < 4.78 is 13.0. The SMILES string of the molecule is O=C(NCc1ccc(F)cc1)c1cccc(Nc2cc(-c3ccccc3)ncn2)c1. The number of anilines is 2. The average Bonchev–Trinajstić information content (AvgIpc) is 2.79. The molecule has 2 N–H and O–H groups in total. The monoisotopic (exact) mass is 398 g/mol. The van der Waals surface area contributed by atoms with E-state index in [0.29, 0.717) is 17.9 Å². The molecule has 0 atom stereocenters. The summed E-state index contributed by atoms with van der Waals surface area (Å²) in [5.74, 6) is 0.118. The van der Waals surface area contributed by atoms with E-state index >= 15 is 0 Å². The molecule has 4 rings (SSSR count). The van der Waals surface area contributed by atoms with Gasteiger partial charge in [0.25, 0.3) is 5.91 Å². The lowest BCUT2D eigenvalue weighted by atomic mass is 10.1. The van der Waals surface area contributed by atoms with E-state index in [1.54, 1.807) is 30.3 Å². The van der Waals surface area contributed by atoms with Crippen LogP contribution < -0.4 is 10.6 Å². The molecule has 3 aromatic carbocycles. The lowest BCUT2D eigenvalue weighted by Gasteiger charge is -2.10. The number of amides is 1. The number of carbonyl (C=O) groups excluding carboxylic acids is 1. The van der Waals surface area contributed by atoms with Crippen molar-refractivity contribution in [2.24, 2.45) is 0 Å². The van der Waals surface area contributed by atoms with Crippen molar-refractivity contribution in [2.45, 2.75) is 6.54 Å². The fourth-order valence-electron chi connectivity index (χ4n) is 2.97. The number of hydrogen-bond donors (Lipinski definition) is 2. The summed E-state index contributed by atoms with van der Waals surface area (Å²) in [5, 5.41) is 6.06. The summed E-state index contributed by atoms with van der Waals surface area (Å²) in [6.07, 6.45) is 1.50. The fourth-order valence-corrected chi connectivity index (χ4v) is 2.97. The predicted octanol–water partition coefficient (Wildman–Crippen LogP) is 4.96. The first kappa shape index (κ1) is 19.3.